The van der Waals surface area contributed by atoms with Gasteiger partial charge in [0.25, 0.3) is 0 Å². The van der Waals surface area contributed by atoms with Crippen molar-refractivity contribution < 1.29 is 19.1 Å². The highest BCUT2D eigenvalue weighted by molar-refractivity contribution is 5.81. The van der Waals surface area contributed by atoms with Crippen molar-refractivity contribution in [2.45, 2.75) is 13.3 Å². The van der Waals surface area contributed by atoms with Crippen LogP contribution in [0.1, 0.15) is 29.3 Å². The lowest BCUT2D eigenvalue weighted by Gasteiger charge is -2.06. The molecule has 1 aromatic rings. The summed E-state index contributed by atoms with van der Waals surface area (Å²) < 4.78 is 9.83. The Kier molecular flexibility index (Phi) is 5.64. The number of esters is 1. The first-order chi connectivity index (χ1) is 8.71. The van der Waals surface area contributed by atoms with E-state index >= 15 is 0 Å². The molecule has 0 radical (unpaired) electrons. The number of benzene rings is 1. The summed E-state index contributed by atoms with van der Waals surface area (Å²) >= 11 is 0. The molecule has 0 fully saturated rings. The van der Waals surface area contributed by atoms with Gasteiger partial charge in [-0.3, -0.25) is 9.59 Å². The summed E-state index contributed by atoms with van der Waals surface area (Å²) in [5.41, 5.74) is 1.33. The Morgan fingerprint density at radius 1 is 1.39 bits per heavy atom. The van der Waals surface area contributed by atoms with E-state index in [1.54, 1.807) is 24.3 Å². The third kappa shape index (κ3) is 4.05. The Morgan fingerprint density at radius 2 is 2.17 bits per heavy atom. The zero-order valence-corrected chi connectivity index (χ0v) is 10.5. The molecule has 0 aliphatic rings. The van der Waals surface area contributed by atoms with E-state index in [4.69, 9.17) is 4.74 Å². The molecular weight excluding hydrogens is 232 g/mol. The number of hydrogen-bond acceptors (Lipinski definition) is 4. The second-order valence-electron chi connectivity index (χ2n) is 3.53. The van der Waals surface area contributed by atoms with Crippen molar-refractivity contribution >= 4 is 18.3 Å². The lowest BCUT2D eigenvalue weighted by Crippen LogP contribution is -1.97. The van der Waals surface area contributed by atoms with Gasteiger partial charge >= 0.3 is 5.97 Å². The van der Waals surface area contributed by atoms with E-state index in [-0.39, 0.29) is 12.4 Å². The van der Waals surface area contributed by atoms with Crippen LogP contribution in [0.5, 0.6) is 5.75 Å². The zero-order valence-electron chi connectivity index (χ0n) is 10.5. The third-order valence-corrected chi connectivity index (χ3v) is 2.28. The smallest absolute Gasteiger partial charge is 0.309 e. The molecule has 18 heavy (non-hydrogen) atoms. The summed E-state index contributed by atoms with van der Waals surface area (Å²) in [6.07, 6.45) is 4.42. The quantitative estimate of drug-likeness (QED) is 0.573. The Balaban J connectivity index is 2.79. The number of aldehydes is 1. The van der Waals surface area contributed by atoms with Crippen LogP contribution in [0.3, 0.4) is 0 Å². The number of methoxy groups -OCH3 is 1. The predicted octanol–water partition coefficient (Wildman–Crippen LogP) is 2.47. The molecule has 0 aliphatic heterocycles. The van der Waals surface area contributed by atoms with E-state index < -0.39 is 0 Å². The maximum Gasteiger partial charge on any atom is 0.309 e. The Morgan fingerprint density at radius 3 is 2.78 bits per heavy atom. The molecule has 1 rings (SSSR count). The molecule has 0 saturated heterocycles. The van der Waals surface area contributed by atoms with Gasteiger partial charge in [0.2, 0.25) is 0 Å². The van der Waals surface area contributed by atoms with Gasteiger partial charge in [0, 0.05) is 0 Å². The average Bonchev–Trinajstić information content (AvgIpc) is 2.40. The van der Waals surface area contributed by atoms with Crippen LogP contribution in [0.2, 0.25) is 0 Å². The van der Waals surface area contributed by atoms with Crippen LogP contribution in [0.15, 0.2) is 24.3 Å². The van der Waals surface area contributed by atoms with Gasteiger partial charge in [0.15, 0.2) is 6.29 Å². The first-order valence-corrected chi connectivity index (χ1v) is 5.66. The fourth-order valence-corrected chi connectivity index (χ4v) is 1.42. The molecule has 4 nitrogen and oxygen atoms in total. The number of carbonyl (C=O) groups is 2. The monoisotopic (exact) mass is 248 g/mol. The molecule has 0 aromatic heterocycles. The summed E-state index contributed by atoms with van der Waals surface area (Å²) in [7, 11) is 1.34. The van der Waals surface area contributed by atoms with Crippen molar-refractivity contribution in [3.05, 3.63) is 35.4 Å². The summed E-state index contributed by atoms with van der Waals surface area (Å²) in [5, 5.41) is 0. The predicted molar refractivity (Wildman–Crippen MR) is 68.7 cm³/mol. The molecule has 0 bridgehead atoms. The Labute approximate surface area is 106 Å². The molecule has 0 unspecified atom stereocenters. The van der Waals surface area contributed by atoms with Crippen molar-refractivity contribution in [2.75, 3.05) is 13.7 Å². The minimum atomic E-state index is -0.298. The highest BCUT2D eigenvalue weighted by Gasteiger charge is 2.02. The summed E-state index contributed by atoms with van der Waals surface area (Å²) in [6.45, 7) is 2.37. The first kappa shape index (κ1) is 14.0. The summed E-state index contributed by atoms with van der Waals surface area (Å²) in [5.74, 6) is 0.269. The number of ether oxygens (including phenoxy) is 2. The highest BCUT2D eigenvalue weighted by atomic mass is 16.5. The van der Waals surface area contributed by atoms with Gasteiger partial charge < -0.3 is 9.47 Å². The van der Waals surface area contributed by atoms with E-state index in [1.807, 2.05) is 13.0 Å². The van der Waals surface area contributed by atoms with Crippen LogP contribution in [-0.2, 0) is 9.53 Å². The molecular formula is C14H16O4. The van der Waals surface area contributed by atoms with E-state index in [9.17, 15) is 9.59 Å². The molecule has 0 N–H and O–H groups in total. The minimum absolute atomic E-state index is 0.208. The number of carbonyl (C=O) groups excluding carboxylic acids is 2. The lowest BCUT2D eigenvalue weighted by atomic mass is 10.1. The van der Waals surface area contributed by atoms with E-state index in [2.05, 4.69) is 4.74 Å². The molecule has 0 saturated carbocycles. The van der Waals surface area contributed by atoms with Crippen LogP contribution in [0.4, 0.5) is 0 Å². The molecule has 96 valence electrons. The number of rotatable bonds is 6. The number of hydrogen-bond donors (Lipinski definition) is 0. The Hall–Kier alpha value is -2.10. The van der Waals surface area contributed by atoms with Gasteiger partial charge in [-0.2, -0.15) is 0 Å². The standard InChI is InChI=1S/C14H16O4/c1-3-18-13-8-7-11(9-12(13)10-15)5-4-6-14(16)17-2/h4-5,7-10H,3,6H2,1-2H3. The molecule has 0 aliphatic carbocycles. The molecule has 0 amide bonds. The van der Waals surface area contributed by atoms with Crippen LogP contribution in [0, 0.1) is 0 Å². The van der Waals surface area contributed by atoms with Gasteiger partial charge in [0.1, 0.15) is 5.75 Å². The second-order valence-corrected chi connectivity index (χ2v) is 3.53. The van der Waals surface area contributed by atoms with Gasteiger partial charge in [-0.05, 0) is 24.6 Å². The maximum atomic E-state index is 10.9. The largest absolute Gasteiger partial charge is 0.493 e. The van der Waals surface area contributed by atoms with Crippen molar-refractivity contribution in [1.29, 1.82) is 0 Å². The van der Waals surface area contributed by atoms with Crippen molar-refractivity contribution in [1.82, 2.24) is 0 Å². The van der Waals surface area contributed by atoms with Gasteiger partial charge in [0.05, 0.1) is 25.7 Å². The van der Waals surface area contributed by atoms with Crippen LogP contribution < -0.4 is 4.74 Å². The fraction of sp³-hybridized carbons (Fsp3) is 0.286. The minimum Gasteiger partial charge on any atom is -0.493 e. The molecule has 0 spiro atoms. The average molecular weight is 248 g/mol. The molecule has 1 aromatic carbocycles. The lowest BCUT2D eigenvalue weighted by molar-refractivity contribution is -0.139. The summed E-state index contributed by atoms with van der Waals surface area (Å²) in [4.78, 5) is 21.8. The second kappa shape index (κ2) is 7.27. The van der Waals surface area contributed by atoms with E-state index in [0.717, 1.165) is 11.8 Å². The molecule has 0 atom stereocenters. The van der Waals surface area contributed by atoms with E-state index in [0.29, 0.717) is 17.9 Å². The van der Waals surface area contributed by atoms with Gasteiger partial charge in [-0.25, -0.2) is 0 Å². The normalized spacial score (nSPS) is 10.3. The topological polar surface area (TPSA) is 52.6 Å². The van der Waals surface area contributed by atoms with Crippen molar-refractivity contribution in [3.63, 3.8) is 0 Å². The van der Waals surface area contributed by atoms with Crippen LogP contribution in [0.25, 0.3) is 6.08 Å². The zero-order chi connectivity index (χ0) is 13.4. The first-order valence-electron chi connectivity index (χ1n) is 5.66. The van der Waals surface area contributed by atoms with Gasteiger partial charge in [-0.15, -0.1) is 0 Å². The summed E-state index contributed by atoms with van der Waals surface area (Å²) in [6, 6.07) is 5.28. The highest BCUT2D eigenvalue weighted by Crippen LogP contribution is 2.19. The van der Waals surface area contributed by atoms with Crippen molar-refractivity contribution in [3.8, 4) is 5.75 Å². The SMILES string of the molecule is CCOc1ccc(C=CCC(=O)OC)cc1C=O. The van der Waals surface area contributed by atoms with Crippen molar-refractivity contribution in [2.24, 2.45) is 0 Å². The van der Waals surface area contributed by atoms with Crippen LogP contribution >= 0.6 is 0 Å². The van der Waals surface area contributed by atoms with Gasteiger partial charge in [-0.1, -0.05) is 18.2 Å². The molecule has 0 heterocycles. The fourth-order valence-electron chi connectivity index (χ4n) is 1.42. The van der Waals surface area contributed by atoms with E-state index in [1.165, 1.54) is 7.11 Å². The van der Waals surface area contributed by atoms with Crippen LogP contribution in [-0.4, -0.2) is 26.0 Å². The molecule has 4 heteroatoms. The maximum absolute atomic E-state index is 10.9. The third-order valence-electron chi connectivity index (χ3n) is 2.28. The Bertz CT molecular complexity index is 449.